The van der Waals surface area contributed by atoms with Crippen LogP contribution in [-0.2, 0) is 6.54 Å². The van der Waals surface area contributed by atoms with Crippen molar-refractivity contribution in [3.05, 3.63) is 64.5 Å². The Morgan fingerprint density at radius 3 is 2.40 bits per heavy atom. The van der Waals surface area contributed by atoms with Gasteiger partial charge in [-0.05, 0) is 30.7 Å². The lowest BCUT2D eigenvalue weighted by Gasteiger charge is -2.05. The Morgan fingerprint density at radius 2 is 1.68 bits per heavy atom. The predicted molar refractivity (Wildman–Crippen MR) is 109 cm³/mol. The van der Waals surface area contributed by atoms with Crippen molar-refractivity contribution in [1.82, 2.24) is 10.3 Å². The van der Waals surface area contributed by atoms with Crippen LogP contribution in [0.1, 0.15) is 31.7 Å². The molecule has 0 aliphatic heterocycles. The average molecular weight is 371 g/mol. The van der Waals surface area contributed by atoms with E-state index in [-0.39, 0.29) is 0 Å². The van der Waals surface area contributed by atoms with Crippen molar-refractivity contribution in [2.75, 3.05) is 6.54 Å². The molecule has 0 aliphatic carbocycles. The molecule has 3 aromatic rings. The number of hydrogen-bond acceptors (Lipinski definition) is 3. The van der Waals surface area contributed by atoms with E-state index in [0.717, 1.165) is 39.9 Å². The molecule has 0 fully saturated rings. The summed E-state index contributed by atoms with van der Waals surface area (Å²) in [6, 6.07) is 16.5. The van der Waals surface area contributed by atoms with Gasteiger partial charge in [-0.1, -0.05) is 67.8 Å². The van der Waals surface area contributed by atoms with E-state index < -0.39 is 0 Å². The van der Waals surface area contributed by atoms with Crippen LogP contribution in [0.5, 0.6) is 0 Å². The molecule has 2 aromatic carbocycles. The molecule has 0 bridgehead atoms. The Kier molecular flexibility index (Phi) is 6.62. The van der Waals surface area contributed by atoms with E-state index in [4.69, 9.17) is 16.6 Å². The number of nitrogens with one attached hydrogen (secondary N) is 1. The molecule has 0 saturated carbocycles. The maximum Gasteiger partial charge on any atom is 0.124 e. The second-order valence-corrected chi connectivity index (χ2v) is 7.42. The molecule has 1 aromatic heterocycles. The van der Waals surface area contributed by atoms with Crippen molar-refractivity contribution in [3.63, 3.8) is 0 Å². The second-order valence-electron chi connectivity index (χ2n) is 6.13. The Hall–Kier alpha value is -1.68. The van der Waals surface area contributed by atoms with Gasteiger partial charge in [0, 0.05) is 28.1 Å². The van der Waals surface area contributed by atoms with Crippen LogP contribution >= 0.6 is 22.9 Å². The molecule has 0 amide bonds. The van der Waals surface area contributed by atoms with E-state index in [1.807, 2.05) is 24.3 Å². The van der Waals surface area contributed by atoms with Crippen molar-refractivity contribution in [2.24, 2.45) is 0 Å². The van der Waals surface area contributed by atoms with E-state index >= 15 is 0 Å². The van der Waals surface area contributed by atoms with Gasteiger partial charge in [0.2, 0.25) is 0 Å². The van der Waals surface area contributed by atoms with E-state index in [1.165, 1.54) is 24.8 Å². The lowest BCUT2D eigenvalue weighted by molar-refractivity contribution is 0.617. The summed E-state index contributed by atoms with van der Waals surface area (Å²) in [6.07, 6.45) is 3.81. The third-order valence-electron chi connectivity index (χ3n) is 4.13. The second kappa shape index (κ2) is 9.14. The van der Waals surface area contributed by atoms with Crippen molar-refractivity contribution in [3.8, 4) is 21.8 Å². The van der Waals surface area contributed by atoms with Gasteiger partial charge < -0.3 is 5.32 Å². The lowest BCUT2D eigenvalue weighted by Crippen LogP contribution is -2.14. The number of benzene rings is 2. The number of unbranched alkanes of at least 4 members (excludes halogenated alkanes) is 2. The smallest absolute Gasteiger partial charge is 0.124 e. The molecule has 25 heavy (non-hydrogen) atoms. The van der Waals surface area contributed by atoms with Crippen LogP contribution in [0.15, 0.2) is 53.9 Å². The van der Waals surface area contributed by atoms with Gasteiger partial charge >= 0.3 is 0 Å². The summed E-state index contributed by atoms with van der Waals surface area (Å²) in [4.78, 5) is 4.77. The number of rotatable bonds is 8. The molecule has 1 N–H and O–H groups in total. The van der Waals surface area contributed by atoms with Gasteiger partial charge in [0.15, 0.2) is 0 Å². The highest BCUT2D eigenvalue weighted by molar-refractivity contribution is 7.13. The van der Waals surface area contributed by atoms with Gasteiger partial charge in [-0.15, -0.1) is 11.3 Å². The van der Waals surface area contributed by atoms with Gasteiger partial charge in [0.25, 0.3) is 0 Å². The fraction of sp³-hybridized carbons (Fsp3) is 0.286. The van der Waals surface area contributed by atoms with E-state index in [1.54, 1.807) is 11.3 Å². The summed E-state index contributed by atoms with van der Waals surface area (Å²) < 4.78 is 0. The highest BCUT2D eigenvalue weighted by Gasteiger charge is 2.07. The highest BCUT2D eigenvalue weighted by atomic mass is 35.5. The standard InChI is InChI=1S/C21H23ClN2S/c1-2-3-4-13-23-14-16-5-7-17(8-6-16)20-15-25-21(24-20)18-9-11-19(22)12-10-18/h5-12,15,23H,2-4,13-14H2,1H3. The van der Waals surface area contributed by atoms with Crippen LogP contribution < -0.4 is 5.32 Å². The minimum Gasteiger partial charge on any atom is -0.313 e. The van der Waals surface area contributed by atoms with Gasteiger partial charge in [0.05, 0.1) is 5.69 Å². The highest BCUT2D eigenvalue weighted by Crippen LogP contribution is 2.29. The normalized spacial score (nSPS) is 11.0. The van der Waals surface area contributed by atoms with Gasteiger partial charge in [0.1, 0.15) is 5.01 Å². The number of halogens is 1. The average Bonchev–Trinajstić information content (AvgIpc) is 3.13. The zero-order chi connectivity index (χ0) is 17.5. The quantitative estimate of drug-likeness (QED) is 0.463. The van der Waals surface area contributed by atoms with Crippen LogP contribution in [0.3, 0.4) is 0 Å². The molecule has 4 heteroatoms. The lowest BCUT2D eigenvalue weighted by atomic mass is 10.1. The minimum absolute atomic E-state index is 0.749. The molecule has 3 rings (SSSR count). The monoisotopic (exact) mass is 370 g/mol. The SMILES string of the molecule is CCCCCNCc1ccc(-c2csc(-c3ccc(Cl)cc3)n2)cc1. The van der Waals surface area contributed by atoms with Crippen LogP contribution in [0.25, 0.3) is 21.8 Å². The van der Waals surface area contributed by atoms with Gasteiger partial charge in [-0.2, -0.15) is 0 Å². The first-order chi connectivity index (χ1) is 12.3. The van der Waals surface area contributed by atoms with Crippen molar-refractivity contribution >= 4 is 22.9 Å². The molecule has 130 valence electrons. The predicted octanol–water partition coefficient (Wildman–Crippen LogP) is 6.41. The van der Waals surface area contributed by atoms with Gasteiger partial charge in [-0.25, -0.2) is 4.98 Å². The Balaban J connectivity index is 1.62. The van der Waals surface area contributed by atoms with E-state index in [0.29, 0.717) is 0 Å². The Morgan fingerprint density at radius 1 is 0.960 bits per heavy atom. The number of thiazole rings is 1. The molecule has 0 radical (unpaired) electrons. The molecule has 0 saturated heterocycles. The zero-order valence-electron chi connectivity index (χ0n) is 14.5. The Bertz CT molecular complexity index is 778. The van der Waals surface area contributed by atoms with Crippen LogP contribution in [-0.4, -0.2) is 11.5 Å². The molecule has 2 nitrogen and oxygen atoms in total. The third-order valence-corrected chi connectivity index (χ3v) is 5.27. The van der Waals surface area contributed by atoms with E-state index in [2.05, 4.69) is 41.9 Å². The summed E-state index contributed by atoms with van der Waals surface area (Å²) in [6.45, 7) is 4.25. The molecule has 0 unspecified atom stereocenters. The third kappa shape index (κ3) is 5.15. The van der Waals surface area contributed by atoms with Gasteiger partial charge in [-0.3, -0.25) is 0 Å². The summed E-state index contributed by atoms with van der Waals surface area (Å²) >= 11 is 7.62. The van der Waals surface area contributed by atoms with Crippen LogP contribution in [0.4, 0.5) is 0 Å². The van der Waals surface area contributed by atoms with Crippen molar-refractivity contribution < 1.29 is 0 Å². The first-order valence-corrected chi connectivity index (χ1v) is 10.0. The molecule has 1 heterocycles. The topological polar surface area (TPSA) is 24.9 Å². The first-order valence-electron chi connectivity index (χ1n) is 8.78. The number of aromatic nitrogens is 1. The fourth-order valence-electron chi connectivity index (χ4n) is 2.66. The van der Waals surface area contributed by atoms with Crippen molar-refractivity contribution in [2.45, 2.75) is 32.7 Å². The molecule has 0 atom stereocenters. The molecule has 0 aliphatic rings. The molecular formula is C21H23ClN2S. The zero-order valence-corrected chi connectivity index (χ0v) is 16.0. The Labute approximate surface area is 158 Å². The van der Waals surface area contributed by atoms with Crippen LogP contribution in [0.2, 0.25) is 5.02 Å². The van der Waals surface area contributed by atoms with E-state index in [9.17, 15) is 0 Å². The maximum absolute atomic E-state index is 5.95. The largest absolute Gasteiger partial charge is 0.313 e. The first kappa shape index (κ1) is 18.1. The summed E-state index contributed by atoms with van der Waals surface area (Å²) in [5.74, 6) is 0. The molecular weight excluding hydrogens is 348 g/mol. The molecule has 0 spiro atoms. The summed E-state index contributed by atoms with van der Waals surface area (Å²) in [5, 5.41) is 7.39. The maximum atomic E-state index is 5.95. The van der Waals surface area contributed by atoms with Crippen molar-refractivity contribution in [1.29, 1.82) is 0 Å². The summed E-state index contributed by atoms with van der Waals surface area (Å²) in [7, 11) is 0. The fourth-order valence-corrected chi connectivity index (χ4v) is 3.62. The van der Waals surface area contributed by atoms with Crippen LogP contribution in [0, 0.1) is 0 Å². The minimum atomic E-state index is 0.749. The summed E-state index contributed by atoms with van der Waals surface area (Å²) in [5.41, 5.74) is 4.60. The number of hydrogen-bond donors (Lipinski definition) is 1. The number of nitrogens with zero attached hydrogens (tertiary/aromatic N) is 1.